The molecule has 1 aliphatic rings. The molecule has 1 unspecified atom stereocenters. The van der Waals surface area contributed by atoms with Gasteiger partial charge in [0.05, 0.1) is 5.69 Å². The van der Waals surface area contributed by atoms with Crippen LogP contribution in [-0.2, 0) is 9.59 Å². The minimum Gasteiger partial charge on any atom is -0.324 e. The molecule has 5 heteroatoms. The highest BCUT2D eigenvalue weighted by Gasteiger charge is 2.45. The maximum absolute atomic E-state index is 12.5. The van der Waals surface area contributed by atoms with Gasteiger partial charge in [0.15, 0.2) is 4.75 Å². The largest absolute Gasteiger partial charge is 0.324 e. The van der Waals surface area contributed by atoms with Gasteiger partial charge in [-0.05, 0) is 31.2 Å². The Morgan fingerprint density at radius 1 is 1.10 bits per heavy atom. The number of carbonyl (C=O) groups excluding carboxylic acids is 2. The Hall–Kier alpha value is -2.27. The Balaban J connectivity index is 1.87. The lowest BCUT2D eigenvalue weighted by Gasteiger charge is -2.31. The SMILES string of the molecule is CC1(C(=O)Nc2ccccc2)Sc2ccccc2NC1=O. The Morgan fingerprint density at radius 3 is 2.52 bits per heavy atom. The zero-order chi connectivity index (χ0) is 14.9. The van der Waals surface area contributed by atoms with E-state index in [1.165, 1.54) is 11.8 Å². The molecule has 1 aliphatic heterocycles. The minimum atomic E-state index is -1.19. The summed E-state index contributed by atoms with van der Waals surface area (Å²) in [5.74, 6) is -0.634. The van der Waals surface area contributed by atoms with E-state index in [2.05, 4.69) is 10.6 Å². The van der Waals surface area contributed by atoms with Crippen molar-refractivity contribution < 1.29 is 9.59 Å². The molecule has 0 saturated carbocycles. The average molecular weight is 298 g/mol. The second-order valence-corrected chi connectivity index (χ2v) is 6.37. The molecule has 2 aromatic rings. The van der Waals surface area contributed by atoms with Gasteiger partial charge in [-0.25, -0.2) is 0 Å². The third kappa shape index (κ3) is 2.52. The van der Waals surface area contributed by atoms with E-state index in [9.17, 15) is 9.59 Å². The summed E-state index contributed by atoms with van der Waals surface area (Å²) < 4.78 is -1.19. The maximum Gasteiger partial charge on any atom is 0.250 e. The molecule has 4 nitrogen and oxygen atoms in total. The number of para-hydroxylation sites is 2. The summed E-state index contributed by atoms with van der Waals surface area (Å²) >= 11 is 1.27. The summed E-state index contributed by atoms with van der Waals surface area (Å²) in [6.45, 7) is 1.64. The molecular weight excluding hydrogens is 284 g/mol. The highest BCUT2D eigenvalue weighted by molar-refractivity contribution is 8.02. The van der Waals surface area contributed by atoms with E-state index in [4.69, 9.17) is 0 Å². The van der Waals surface area contributed by atoms with Gasteiger partial charge in [-0.2, -0.15) is 0 Å². The molecule has 3 rings (SSSR count). The van der Waals surface area contributed by atoms with Crippen molar-refractivity contribution in [2.45, 2.75) is 16.6 Å². The fourth-order valence-corrected chi connectivity index (χ4v) is 3.19. The molecule has 106 valence electrons. The fourth-order valence-electron chi connectivity index (χ4n) is 2.09. The number of thioether (sulfide) groups is 1. The average Bonchev–Trinajstić information content (AvgIpc) is 2.49. The molecule has 1 atom stereocenters. The first-order chi connectivity index (χ1) is 10.1. The number of carbonyl (C=O) groups is 2. The molecule has 1 heterocycles. The topological polar surface area (TPSA) is 58.2 Å². The van der Waals surface area contributed by atoms with Crippen LogP contribution in [0.2, 0.25) is 0 Å². The summed E-state index contributed by atoms with van der Waals surface area (Å²) in [5.41, 5.74) is 1.42. The third-order valence-corrected chi connectivity index (χ3v) is 4.70. The lowest BCUT2D eigenvalue weighted by Crippen LogP contribution is -2.49. The third-order valence-electron chi connectivity index (χ3n) is 3.35. The summed E-state index contributed by atoms with van der Waals surface area (Å²) in [6.07, 6.45) is 0. The number of benzene rings is 2. The number of fused-ring (bicyclic) bond motifs is 1. The standard InChI is InChI=1S/C16H14N2O2S/c1-16(14(19)17-11-7-3-2-4-8-11)15(20)18-12-9-5-6-10-13(12)21-16/h2-10H,1H3,(H,17,19)(H,18,20). The van der Waals surface area contributed by atoms with Crippen LogP contribution >= 0.6 is 11.8 Å². The molecule has 0 bridgehead atoms. The first kappa shape index (κ1) is 13.7. The van der Waals surface area contributed by atoms with Gasteiger partial charge in [0, 0.05) is 10.6 Å². The molecule has 0 fully saturated rings. The van der Waals surface area contributed by atoms with Crippen molar-refractivity contribution in [3.63, 3.8) is 0 Å². The van der Waals surface area contributed by atoms with E-state index in [0.717, 1.165) is 10.6 Å². The van der Waals surface area contributed by atoms with E-state index in [1.807, 2.05) is 42.5 Å². The van der Waals surface area contributed by atoms with E-state index in [1.54, 1.807) is 19.1 Å². The molecule has 0 spiro atoms. The van der Waals surface area contributed by atoms with Gasteiger partial charge >= 0.3 is 0 Å². The molecular formula is C16H14N2O2S. The zero-order valence-electron chi connectivity index (χ0n) is 11.4. The first-order valence-electron chi connectivity index (χ1n) is 6.55. The molecule has 2 amide bonds. The number of hydrogen-bond acceptors (Lipinski definition) is 3. The van der Waals surface area contributed by atoms with E-state index >= 15 is 0 Å². The maximum atomic E-state index is 12.5. The number of nitrogens with one attached hydrogen (secondary N) is 2. The Kier molecular flexibility index (Phi) is 3.43. The van der Waals surface area contributed by atoms with Crippen LogP contribution in [0.5, 0.6) is 0 Å². The van der Waals surface area contributed by atoms with Crippen LogP contribution in [0.3, 0.4) is 0 Å². The van der Waals surface area contributed by atoms with Crippen molar-refractivity contribution in [3.05, 3.63) is 54.6 Å². The Bertz CT molecular complexity index is 702. The smallest absolute Gasteiger partial charge is 0.250 e. The van der Waals surface area contributed by atoms with Crippen molar-refractivity contribution in [1.29, 1.82) is 0 Å². The lowest BCUT2D eigenvalue weighted by atomic mass is 10.1. The second kappa shape index (κ2) is 5.26. The molecule has 0 aromatic heterocycles. The van der Waals surface area contributed by atoms with Crippen molar-refractivity contribution >= 4 is 35.0 Å². The van der Waals surface area contributed by atoms with Gasteiger partial charge in [0.25, 0.3) is 0 Å². The van der Waals surface area contributed by atoms with Crippen molar-refractivity contribution in [2.24, 2.45) is 0 Å². The van der Waals surface area contributed by atoms with Gasteiger partial charge in [-0.3, -0.25) is 9.59 Å². The molecule has 0 radical (unpaired) electrons. The van der Waals surface area contributed by atoms with Crippen LogP contribution in [0.1, 0.15) is 6.92 Å². The number of rotatable bonds is 2. The molecule has 21 heavy (non-hydrogen) atoms. The van der Waals surface area contributed by atoms with Crippen molar-refractivity contribution in [1.82, 2.24) is 0 Å². The highest BCUT2D eigenvalue weighted by atomic mass is 32.2. The van der Waals surface area contributed by atoms with Gasteiger partial charge in [0.2, 0.25) is 11.8 Å². The predicted octanol–water partition coefficient (Wildman–Crippen LogP) is 3.13. The predicted molar refractivity (Wildman–Crippen MR) is 84.4 cm³/mol. The van der Waals surface area contributed by atoms with Gasteiger partial charge < -0.3 is 10.6 Å². The van der Waals surface area contributed by atoms with Crippen LogP contribution in [0.4, 0.5) is 11.4 Å². The first-order valence-corrected chi connectivity index (χ1v) is 7.37. The van der Waals surface area contributed by atoms with Crippen LogP contribution in [-0.4, -0.2) is 16.6 Å². The van der Waals surface area contributed by atoms with Crippen molar-refractivity contribution in [2.75, 3.05) is 10.6 Å². The molecule has 2 aromatic carbocycles. The number of anilines is 2. The zero-order valence-corrected chi connectivity index (χ0v) is 12.2. The number of hydrogen-bond donors (Lipinski definition) is 2. The van der Waals surface area contributed by atoms with Gasteiger partial charge in [0.1, 0.15) is 0 Å². The van der Waals surface area contributed by atoms with Gasteiger partial charge in [-0.1, -0.05) is 42.1 Å². The van der Waals surface area contributed by atoms with Crippen molar-refractivity contribution in [3.8, 4) is 0 Å². The minimum absolute atomic E-state index is 0.306. The quantitative estimate of drug-likeness (QED) is 0.837. The fraction of sp³-hybridized carbons (Fsp3) is 0.125. The monoisotopic (exact) mass is 298 g/mol. The van der Waals surface area contributed by atoms with E-state index in [-0.39, 0.29) is 11.8 Å². The van der Waals surface area contributed by atoms with E-state index < -0.39 is 4.75 Å². The summed E-state index contributed by atoms with van der Waals surface area (Å²) in [6, 6.07) is 16.6. The van der Waals surface area contributed by atoms with Crippen LogP contribution in [0, 0.1) is 0 Å². The number of amides is 2. The Morgan fingerprint density at radius 2 is 1.76 bits per heavy atom. The van der Waals surface area contributed by atoms with Crippen LogP contribution < -0.4 is 10.6 Å². The molecule has 0 aliphatic carbocycles. The highest BCUT2D eigenvalue weighted by Crippen LogP contribution is 2.42. The lowest BCUT2D eigenvalue weighted by molar-refractivity contribution is -0.126. The van der Waals surface area contributed by atoms with Crippen LogP contribution in [0.15, 0.2) is 59.5 Å². The Labute approximate surface area is 126 Å². The normalized spacial score (nSPS) is 20.3. The second-order valence-electron chi connectivity index (χ2n) is 4.91. The molecule has 0 saturated heterocycles. The van der Waals surface area contributed by atoms with Gasteiger partial charge in [-0.15, -0.1) is 0 Å². The van der Waals surface area contributed by atoms with E-state index in [0.29, 0.717) is 5.69 Å². The summed E-state index contributed by atoms with van der Waals surface area (Å²) in [5, 5.41) is 5.59. The summed E-state index contributed by atoms with van der Waals surface area (Å²) in [4.78, 5) is 25.7. The molecule has 2 N–H and O–H groups in total. The summed E-state index contributed by atoms with van der Waals surface area (Å²) in [7, 11) is 0. The van der Waals surface area contributed by atoms with Crippen LogP contribution in [0.25, 0.3) is 0 Å².